The number of anilines is 2. The van der Waals surface area contributed by atoms with E-state index in [1.54, 1.807) is 36.4 Å². The van der Waals surface area contributed by atoms with Gasteiger partial charge in [0.1, 0.15) is 6.54 Å². The number of carbonyl (C=O) groups excluding carboxylic acids is 4. The summed E-state index contributed by atoms with van der Waals surface area (Å²) in [5.74, 6) is -1.69. The number of aryl methyl sites for hydroxylation is 1. The van der Waals surface area contributed by atoms with Gasteiger partial charge in [0, 0.05) is 17.5 Å². The summed E-state index contributed by atoms with van der Waals surface area (Å²) >= 11 is 0.630. The van der Waals surface area contributed by atoms with Gasteiger partial charge in [0.2, 0.25) is 11.8 Å². The van der Waals surface area contributed by atoms with E-state index in [0.29, 0.717) is 23.1 Å². The zero-order valence-corrected chi connectivity index (χ0v) is 15.8. The van der Waals surface area contributed by atoms with Crippen LogP contribution < -0.4 is 10.6 Å². The Labute approximate surface area is 165 Å². The SMILES string of the molecule is Cc1ccccc1NC(=O)CN1C(=O)S/C(=C\C(=O)Nc2ccccc2)C1=O. The molecule has 0 unspecified atom stereocenters. The topological polar surface area (TPSA) is 95.6 Å². The highest BCUT2D eigenvalue weighted by molar-refractivity contribution is 8.18. The minimum absolute atomic E-state index is 0.0258. The van der Waals surface area contributed by atoms with Crippen LogP contribution in [0, 0.1) is 6.92 Å². The molecule has 1 saturated heterocycles. The van der Waals surface area contributed by atoms with Crippen LogP contribution in [-0.2, 0) is 14.4 Å². The van der Waals surface area contributed by atoms with E-state index in [4.69, 9.17) is 0 Å². The molecular formula is C20H17N3O4S. The van der Waals surface area contributed by atoms with E-state index in [9.17, 15) is 19.2 Å². The van der Waals surface area contributed by atoms with Crippen molar-refractivity contribution in [3.05, 3.63) is 71.1 Å². The van der Waals surface area contributed by atoms with Gasteiger partial charge in [-0.2, -0.15) is 0 Å². The Morgan fingerprint density at radius 2 is 1.68 bits per heavy atom. The summed E-state index contributed by atoms with van der Waals surface area (Å²) in [7, 11) is 0. The normalized spacial score (nSPS) is 15.0. The van der Waals surface area contributed by atoms with Crippen LogP contribution in [0.4, 0.5) is 16.2 Å². The van der Waals surface area contributed by atoms with Crippen LogP contribution in [0.25, 0.3) is 0 Å². The summed E-state index contributed by atoms with van der Waals surface area (Å²) < 4.78 is 0. The van der Waals surface area contributed by atoms with Crippen molar-refractivity contribution in [2.75, 3.05) is 17.2 Å². The van der Waals surface area contributed by atoms with Gasteiger partial charge < -0.3 is 10.6 Å². The van der Waals surface area contributed by atoms with Crippen LogP contribution in [-0.4, -0.2) is 34.4 Å². The van der Waals surface area contributed by atoms with Crippen LogP contribution in [0.1, 0.15) is 5.56 Å². The van der Waals surface area contributed by atoms with Crippen molar-refractivity contribution in [2.24, 2.45) is 0 Å². The van der Waals surface area contributed by atoms with E-state index in [1.165, 1.54) is 0 Å². The van der Waals surface area contributed by atoms with Crippen molar-refractivity contribution in [2.45, 2.75) is 6.92 Å². The lowest BCUT2D eigenvalue weighted by molar-refractivity contribution is -0.127. The first-order chi connectivity index (χ1) is 13.4. The fraction of sp³-hybridized carbons (Fsp3) is 0.100. The van der Waals surface area contributed by atoms with Crippen molar-refractivity contribution < 1.29 is 19.2 Å². The number of imide groups is 1. The highest BCUT2D eigenvalue weighted by Gasteiger charge is 2.36. The third kappa shape index (κ3) is 4.66. The molecule has 1 aliphatic heterocycles. The maximum absolute atomic E-state index is 12.4. The Balaban J connectivity index is 1.63. The lowest BCUT2D eigenvalue weighted by atomic mass is 10.2. The Morgan fingerprint density at radius 3 is 2.39 bits per heavy atom. The first-order valence-electron chi connectivity index (χ1n) is 8.41. The summed E-state index contributed by atoms with van der Waals surface area (Å²) in [6.07, 6.45) is 1.07. The van der Waals surface area contributed by atoms with E-state index >= 15 is 0 Å². The maximum Gasteiger partial charge on any atom is 0.294 e. The fourth-order valence-electron chi connectivity index (χ4n) is 2.50. The molecule has 0 spiro atoms. The second kappa shape index (κ2) is 8.53. The zero-order chi connectivity index (χ0) is 20.1. The minimum Gasteiger partial charge on any atom is -0.324 e. The molecule has 4 amide bonds. The quantitative estimate of drug-likeness (QED) is 0.759. The standard InChI is InChI=1S/C20H17N3O4S/c1-13-7-5-6-10-15(13)22-18(25)12-23-19(26)16(28-20(23)27)11-17(24)21-14-8-3-2-4-9-14/h2-11H,12H2,1H3,(H,21,24)(H,22,25)/b16-11-. The van der Waals surface area contributed by atoms with Crippen LogP contribution in [0.2, 0.25) is 0 Å². The first kappa shape index (κ1) is 19.4. The van der Waals surface area contributed by atoms with Gasteiger partial charge >= 0.3 is 0 Å². The predicted octanol–water partition coefficient (Wildman–Crippen LogP) is 3.15. The van der Waals surface area contributed by atoms with Gasteiger partial charge in [0.25, 0.3) is 11.1 Å². The van der Waals surface area contributed by atoms with Gasteiger partial charge in [-0.05, 0) is 42.4 Å². The number of nitrogens with one attached hydrogen (secondary N) is 2. The van der Waals surface area contributed by atoms with Crippen LogP contribution in [0.3, 0.4) is 0 Å². The molecule has 3 rings (SSSR count). The summed E-state index contributed by atoms with van der Waals surface area (Å²) in [6.45, 7) is 1.42. The second-order valence-electron chi connectivity index (χ2n) is 5.99. The number of amides is 4. The molecule has 142 valence electrons. The maximum atomic E-state index is 12.4. The van der Waals surface area contributed by atoms with Crippen molar-refractivity contribution >= 4 is 46.1 Å². The molecule has 8 heteroatoms. The molecule has 2 N–H and O–H groups in total. The minimum atomic E-state index is -0.668. The van der Waals surface area contributed by atoms with E-state index in [1.807, 2.05) is 25.1 Å². The molecule has 1 fully saturated rings. The fourth-order valence-corrected chi connectivity index (χ4v) is 3.31. The number of para-hydroxylation sites is 2. The molecule has 2 aromatic carbocycles. The van der Waals surface area contributed by atoms with Crippen molar-refractivity contribution in [1.29, 1.82) is 0 Å². The molecule has 0 radical (unpaired) electrons. The van der Waals surface area contributed by atoms with E-state index in [0.717, 1.165) is 16.5 Å². The molecular weight excluding hydrogens is 378 g/mol. The average molecular weight is 395 g/mol. The van der Waals surface area contributed by atoms with E-state index < -0.39 is 29.5 Å². The van der Waals surface area contributed by atoms with Crippen LogP contribution in [0.5, 0.6) is 0 Å². The molecule has 7 nitrogen and oxygen atoms in total. The Bertz CT molecular complexity index is 972. The van der Waals surface area contributed by atoms with Crippen LogP contribution >= 0.6 is 11.8 Å². The molecule has 28 heavy (non-hydrogen) atoms. The summed E-state index contributed by atoms with van der Waals surface area (Å²) in [5, 5.41) is 4.69. The van der Waals surface area contributed by atoms with Crippen molar-refractivity contribution in [1.82, 2.24) is 4.90 Å². The first-order valence-corrected chi connectivity index (χ1v) is 9.22. The molecule has 1 aliphatic rings. The lowest BCUT2D eigenvalue weighted by Gasteiger charge is -2.13. The van der Waals surface area contributed by atoms with Crippen LogP contribution in [0.15, 0.2) is 65.6 Å². The smallest absolute Gasteiger partial charge is 0.294 e. The number of hydrogen-bond acceptors (Lipinski definition) is 5. The van der Waals surface area contributed by atoms with E-state index in [2.05, 4.69) is 10.6 Å². The van der Waals surface area contributed by atoms with Gasteiger partial charge in [0.15, 0.2) is 0 Å². The highest BCUT2D eigenvalue weighted by Crippen LogP contribution is 2.30. The number of rotatable bonds is 5. The third-order valence-electron chi connectivity index (χ3n) is 3.90. The summed E-state index contributed by atoms with van der Waals surface area (Å²) in [5.41, 5.74) is 2.04. The van der Waals surface area contributed by atoms with Gasteiger partial charge in [-0.25, -0.2) is 0 Å². The largest absolute Gasteiger partial charge is 0.324 e. The number of hydrogen-bond donors (Lipinski definition) is 2. The highest BCUT2D eigenvalue weighted by atomic mass is 32.2. The number of nitrogens with zero attached hydrogens (tertiary/aromatic N) is 1. The van der Waals surface area contributed by atoms with Gasteiger partial charge in [0.05, 0.1) is 4.91 Å². The van der Waals surface area contributed by atoms with Crippen molar-refractivity contribution in [3.8, 4) is 0 Å². The predicted molar refractivity (Wildman–Crippen MR) is 108 cm³/mol. The summed E-state index contributed by atoms with van der Waals surface area (Å²) in [6, 6.07) is 15.9. The molecule has 1 heterocycles. The Hall–Kier alpha value is -3.39. The lowest BCUT2D eigenvalue weighted by Crippen LogP contribution is -2.36. The zero-order valence-electron chi connectivity index (χ0n) is 15.0. The van der Waals surface area contributed by atoms with E-state index in [-0.39, 0.29) is 4.91 Å². The molecule has 0 aliphatic carbocycles. The molecule has 2 aromatic rings. The molecule has 0 atom stereocenters. The van der Waals surface area contributed by atoms with Gasteiger partial charge in [-0.15, -0.1) is 0 Å². The molecule has 0 bridgehead atoms. The average Bonchev–Trinajstić information content (AvgIpc) is 2.91. The Kier molecular flexibility index (Phi) is 5.90. The third-order valence-corrected chi connectivity index (χ3v) is 4.81. The monoisotopic (exact) mass is 395 g/mol. The van der Waals surface area contributed by atoms with Gasteiger partial charge in [-0.3, -0.25) is 24.1 Å². The number of benzene rings is 2. The summed E-state index contributed by atoms with van der Waals surface area (Å²) in [4.78, 5) is 49.6. The second-order valence-corrected chi connectivity index (χ2v) is 6.98. The number of carbonyl (C=O) groups is 4. The Morgan fingerprint density at radius 1 is 1.00 bits per heavy atom. The number of thioether (sulfide) groups is 1. The molecule has 0 aromatic heterocycles. The van der Waals surface area contributed by atoms with Crippen molar-refractivity contribution in [3.63, 3.8) is 0 Å². The molecule has 0 saturated carbocycles. The van der Waals surface area contributed by atoms with Gasteiger partial charge in [-0.1, -0.05) is 36.4 Å².